The Morgan fingerprint density at radius 3 is 3.03 bits per heavy atom. The van der Waals surface area contributed by atoms with Crippen molar-refractivity contribution in [3.05, 3.63) is 51.3 Å². The van der Waals surface area contributed by atoms with Gasteiger partial charge < -0.3 is 14.8 Å². The van der Waals surface area contributed by atoms with Crippen LogP contribution in [0.1, 0.15) is 25.0 Å². The van der Waals surface area contributed by atoms with Crippen molar-refractivity contribution < 1.29 is 14.3 Å². The average Bonchev–Trinajstić information content (AvgIpc) is 3.41. The summed E-state index contributed by atoms with van der Waals surface area (Å²) in [6.07, 6.45) is 0.965. The third kappa shape index (κ3) is 4.02. The van der Waals surface area contributed by atoms with Crippen molar-refractivity contribution in [1.82, 2.24) is 25.1 Å². The molecule has 0 saturated heterocycles. The number of thiophene rings is 1. The quantitative estimate of drug-likeness (QED) is 0.628. The van der Waals surface area contributed by atoms with Crippen LogP contribution in [0.25, 0.3) is 5.00 Å². The molecule has 10 heteroatoms. The first-order valence-corrected chi connectivity index (χ1v) is 10.2. The van der Waals surface area contributed by atoms with Gasteiger partial charge in [0.2, 0.25) is 5.91 Å². The third-order valence-electron chi connectivity index (χ3n) is 4.50. The van der Waals surface area contributed by atoms with Gasteiger partial charge in [-0.15, -0.1) is 11.3 Å². The molecule has 4 rings (SSSR count). The van der Waals surface area contributed by atoms with Crippen LogP contribution in [0.5, 0.6) is 11.5 Å². The number of hydrogen-bond acceptors (Lipinski definition) is 7. The Balaban J connectivity index is 1.44. The minimum absolute atomic E-state index is 0.127. The fraction of sp³-hybridized carbons (Fsp3) is 0.368. The minimum atomic E-state index is -0.461. The van der Waals surface area contributed by atoms with Crippen LogP contribution in [0.15, 0.2) is 34.4 Å². The van der Waals surface area contributed by atoms with Crippen LogP contribution in [-0.4, -0.2) is 38.4 Å². The van der Waals surface area contributed by atoms with Crippen molar-refractivity contribution in [3.63, 3.8) is 0 Å². The van der Waals surface area contributed by atoms with E-state index in [1.807, 2.05) is 37.4 Å². The van der Waals surface area contributed by atoms with E-state index in [9.17, 15) is 9.59 Å². The Morgan fingerprint density at radius 1 is 1.41 bits per heavy atom. The summed E-state index contributed by atoms with van der Waals surface area (Å²) in [5.74, 6) is 1.20. The molecule has 3 heterocycles. The fourth-order valence-corrected chi connectivity index (χ4v) is 3.87. The summed E-state index contributed by atoms with van der Waals surface area (Å²) in [5.41, 5.74) is 1.47. The molecule has 1 aliphatic rings. The fourth-order valence-electron chi connectivity index (χ4n) is 3.20. The van der Waals surface area contributed by atoms with Gasteiger partial charge in [0.25, 0.3) is 0 Å². The van der Waals surface area contributed by atoms with Crippen molar-refractivity contribution in [2.24, 2.45) is 0 Å². The van der Waals surface area contributed by atoms with Crippen LogP contribution < -0.4 is 20.5 Å². The second-order valence-corrected chi connectivity index (χ2v) is 7.62. The van der Waals surface area contributed by atoms with E-state index in [0.29, 0.717) is 11.6 Å². The van der Waals surface area contributed by atoms with Gasteiger partial charge in [-0.3, -0.25) is 4.79 Å². The number of fused-ring (bicyclic) bond motifs is 1. The van der Waals surface area contributed by atoms with Crippen LogP contribution >= 0.6 is 11.3 Å². The largest absolute Gasteiger partial charge is 0.494 e. The van der Waals surface area contributed by atoms with Crippen LogP contribution in [-0.2, 0) is 24.3 Å². The van der Waals surface area contributed by atoms with Gasteiger partial charge in [-0.1, -0.05) is 0 Å². The molecule has 0 aliphatic carbocycles. The van der Waals surface area contributed by atoms with Gasteiger partial charge in [-0.25, -0.2) is 4.79 Å². The van der Waals surface area contributed by atoms with Gasteiger partial charge >= 0.3 is 5.69 Å². The smallest absolute Gasteiger partial charge is 0.369 e. The molecule has 3 aromatic rings. The summed E-state index contributed by atoms with van der Waals surface area (Å²) in [5, 5.41) is 12.9. The Labute approximate surface area is 170 Å². The van der Waals surface area contributed by atoms with E-state index < -0.39 is 5.69 Å². The van der Waals surface area contributed by atoms with Gasteiger partial charge in [0.05, 0.1) is 6.61 Å². The minimum Gasteiger partial charge on any atom is -0.494 e. The van der Waals surface area contributed by atoms with Crippen LogP contribution in [0.4, 0.5) is 0 Å². The number of aromatic nitrogens is 4. The molecule has 0 radical (unpaired) electrons. The van der Waals surface area contributed by atoms with Crippen molar-refractivity contribution in [3.8, 4) is 16.5 Å². The maximum absolute atomic E-state index is 12.4. The highest BCUT2D eigenvalue weighted by molar-refractivity contribution is 7.12. The molecule has 9 nitrogen and oxygen atoms in total. The molecule has 0 bridgehead atoms. The molecule has 29 heavy (non-hydrogen) atoms. The lowest BCUT2D eigenvalue weighted by atomic mass is 10.1. The molecule has 0 saturated carbocycles. The van der Waals surface area contributed by atoms with Crippen molar-refractivity contribution in [2.75, 3.05) is 6.61 Å². The first-order chi connectivity index (χ1) is 14.0. The summed E-state index contributed by atoms with van der Waals surface area (Å²) in [6.45, 7) is 4.50. The molecule has 0 fully saturated rings. The number of hydrogen-bond donors (Lipinski definition) is 1. The second kappa shape index (κ2) is 8.08. The van der Waals surface area contributed by atoms with Crippen molar-refractivity contribution in [2.45, 2.75) is 39.5 Å². The first-order valence-electron chi connectivity index (χ1n) is 9.33. The predicted octanol–water partition coefficient (Wildman–Crippen LogP) is 1.53. The maximum Gasteiger partial charge on any atom is 0.369 e. The van der Waals surface area contributed by atoms with Gasteiger partial charge in [0.15, 0.2) is 0 Å². The van der Waals surface area contributed by atoms with E-state index in [-0.39, 0.29) is 25.1 Å². The molecule has 1 amide bonds. The van der Waals surface area contributed by atoms with Gasteiger partial charge in [0.1, 0.15) is 29.1 Å². The standard InChI is InChI=1S/C19H21N5O4S/c1-3-27-15-8-13-7-12(2)28-16(13)9-14(15)10-20-17(25)11-23-19(26)24(22-21-23)18-5-4-6-29-18/h4-6,8-9,12H,3,7,10-11H2,1-2H3,(H,20,25)/t12-/m1/s1. The Bertz CT molecular complexity index is 1070. The number of rotatable bonds is 7. The zero-order valence-corrected chi connectivity index (χ0v) is 16.9. The number of nitrogens with one attached hydrogen (secondary N) is 1. The highest BCUT2D eigenvalue weighted by atomic mass is 32.1. The van der Waals surface area contributed by atoms with Crippen LogP contribution in [0, 0.1) is 0 Å². The summed E-state index contributed by atoms with van der Waals surface area (Å²) < 4.78 is 13.7. The average molecular weight is 415 g/mol. The molecule has 2 aromatic heterocycles. The summed E-state index contributed by atoms with van der Waals surface area (Å²) in [4.78, 5) is 24.7. The number of carbonyl (C=O) groups is 1. The van der Waals surface area contributed by atoms with E-state index in [2.05, 4.69) is 15.7 Å². The first kappa shape index (κ1) is 19.2. The number of benzene rings is 1. The molecule has 1 aliphatic heterocycles. The van der Waals surface area contributed by atoms with E-state index in [1.165, 1.54) is 16.0 Å². The van der Waals surface area contributed by atoms with Crippen molar-refractivity contribution >= 4 is 17.2 Å². The van der Waals surface area contributed by atoms with E-state index in [4.69, 9.17) is 9.47 Å². The molecule has 152 valence electrons. The molecular formula is C19H21N5O4S. The SMILES string of the molecule is CCOc1cc2c(cc1CNC(=O)Cn1nnn(-c3cccs3)c1=O)O[C@H](C)C2. The second-order valence-electron chi connectivity index (χ2n) is 6.69. The zero-order chi connectivity index (χ0) is 20.4. The summed E-state index contributed by atoms with van der Waals surface area (Å²) in [6, 6.07) is 7.46. The predicted molar refractivity (Wildman–Crippen MR) is 107 cm³/mol. The molecular weight excluding hydrogens is 394 g/mol. The Morgan fingerprint density at radius 2 is 2.28 bits per heavy atom. The van der Waals surface area contributed by atoms with Gasteiger partial charge in [0, 0.05) is 24.1 Å². The number of amides is 1. The van der Waals surface area contributed by atoms with Crippen LogP contribution in [0.3, 0.4) is 0 Å². The van der Waals surface area contributed by atoms with E-state index >= 15 is 0 Å². The van der Waals surface area contributed by atoms with E-state index in [0.717, 1.165) is 33.7 Å². The number of ether oxygens (including phenoxy) is 2. The monoisotopic (exact) mass is 415 g/mol. The lowest BCUT2D eigenvalue weighted by molar-refractivity contribution is -0.122. The summed E-state index contributed by atoms with van der Waals surface area (Å²) >= 11 is 1.37. The van der Waals surface area contributed by atoms with Gasteiger partial charge in [-0.2, -0.15) is 9.36 Å². The Kier molecular flexibility index (Phi) is 5.34. The topological polar surface area (TPSA) is 100 Å². The summed E-state index contributed by atoms with van der Waals surface area (Å²) in [7, 11) is 0. The lowest BCUT2D eigenvalue weighted by Gasteiger charge is -2.13. The zero-order valence-electron chi connectivity index (χ0n) is 16.1. The van der Waals surface area contributed by atoms with Gasteiger partial charge in [-0.05, 0) is 53.9 Å². The maximum atomic E-state index is 12.4. The van der Waals surface area contributed by atoms with Crippen LogP contribution in [0.2, 0.25) is 0 Å². The van der Waals surface area contributed by atoms with E-state index in [1.54, 1.807) is 6.07 Å². The molecule has 1 aromatic carbocycles. The highest BCUT2D eigenvalue weighted by Gasteiger charge is 2.22. The third-order valence-corrected chi connectivity index (χ3v) is 5.35. The molecule has 1 atom stereocenters. The molecule has 1 N–H and O–H groups in total. The number of tetrazole rings is 1. The lowest BCUT2D eigenvalue weighted by Crippen LogP contribution is -2.33. The Hall–Kier alpha value is -3.14. The normalized spacial score (nSPS) is 15.0. The number of nitrogens with zero attached hydrogens (tertiary/aromatic N) is 4. The number of carbonyl (C=O) groups excluding carboxylic acids is 1. The van der Waals surface area contributed by atoms with Crippen molar-refractivity contribution in [1.29, 1.82) is 0 Å². The molecule has 0 spiro atoms. The molecule has 0 unspecified atom stereocenters. The highest BCUT2D eigenvalue weighted by Crippen LogP contribution is 2.35.